The Labute approximate surface area is 145 Å². The first-order chi connectivity index (χ1) is 11.6. The largest absolute Gasteiger partial charge is 0.372 e. The highest BCUT2D eigenvalue weighted by molar-refractivity contribution is 7.99. The summed E-state index contributed by atoms with van der Waals surface area (Å²) in [5, 5.41) is 11.2. The minimum atomic E-state index is -0.0913. The summed E-state index contributed by atoms with van der Waals surface area (Å²) < 4.78 is 1.38. The number of amides is 1. The zero-order valence-corrected chi connectivity index (χ0v) is 14.6. The third kappa shape index (κ3) is 4.00. The quantitative estimate of drug-likeness (QED) is 0.636. The molecule has 0 spiro atoms. The number of anilines is 2. The lowest BCUT2D eigenvalue weighted by atomic mass is 10.1. The van der Waals surface area contributed by atoms with Gasteiger partial charge < -0.3 is 16.1 Å². The fourth-order valence-corrected chi connectivity index (χ4v) is 3.39. The number of nitrogen functional groups attached to an aromatic ring is 1. The van der Waals surface area contributed by atoms with Crippen molar-refractivity contribution in [3.05, 3.63) is 30.1 Å². The lowest BCUT2D eigenvalue weighted by molar-refractivity contribution is -0.113. The lowest BCUT2D eigenvalue weighted by Gasteiger charge is -2.28. The van der Waals surface area contributed by atoms with Gasteiger partial charge in [-0.05, 0) is 50.5 Å². The molecule has 1 aliphatic heterocycles. The van der Waals surface area contributed by atoms with Crippen LogP contribution in [0.1, 0.15) is 25.1 Å². The van der Waals surface area contributed by atoms with Crippen LogP contribution in [-0.4, -0.2) is 39.6 Å². The second-order valence-corrected chi connectivity index (χ2v) is 6.77. The van der Waals surface area contributed by atoms with E-state index in [9.17, 15) is 4.79 Å². The Balaban J connectivity index is 1.51. The summed E-state index contributed by atoms with van der Waals surface area (Å²) in [6.45, 7) is 3.99. The van der Waals surface area contributed by atoms with Gasteiger partial charge in [-0.3, -0.25) is 4.79 Å². The predicted molar refractivity (Wildman–Crippen MR) is 96.8 cm³/mol. The summed E-state index contributed by atoms with van der Waals surface area (Å²) in [6, 6.07) is 8.02. The molecule has 0 atom stereocenters. The SMILES string of the molecule is Cc1nnc(SCC(=O)Nc2ccc(N3CCCCC3)cc2)n1N. The molecule has 3 N–H and O–H groups in total. The number of carbonyl (C=O) groups excluding carboxylic acids is 1. The number of rotatable bonds is 5. The van der Waals surface area contributed by atoms with E-state index in [4.69, 9.17) is 5.84 Å². The van der Waals surface area contributed by atoms with E-state index >= 15 is 0 Å². The average Bonchev–Trinajstić information content (AvgIpc) is 2.93. The minimum Gasteiger partial charge on any atom is -0.372 e. The Kier molecular flexibility index (Phi) is 5.24. The van der Waals surface area contributed by atoms with Crippen LogP contribution >= 0.6 is 11.8 Å². The van der Waals surface area contributed by atoms with Gasteiger partial charge in [-0.15, -0.1) is 10.2 Å². The molecule has 0 radical (unpaired) electrons. The molecule has 128 valence electrons. The minimum absolute atomic E-state index is 0.0913. The molecule has 0 saturated carbocycles. The summed E-state index contributed by atoms with van der Waals surface area (Å²) in [5.41, 5.74) is 2.01. The molecule has 1 aliphatic rings. The van der Waals surface area contributed by atoms with Gasteiger partial charge >= 0.3 is 0 Å². The smallest absolute Gasteiger partial charge is 0.234 e. The summed E-state index contributed by atoms with van der Waals surface area (Å²) >= 11 is 1.27. The highest BCUT2D eigenvalue weighted by Gasteiger charge is 2.12. The Bertz CT molecular complexity index is 693. The molecule has 24 heavy (non-hydrogen) atoms. The first-order valence-corrected chi connectivity index (χ1v) is 9.07. The number of aryl methyl sites for hydroxylation is 1. The molecule has 2 heterocycles. The number of carbonyl (C=O) groups is 1. The van der Waals surface area contributed by atoms with Gasteiger partial charge in [-0.25, -0.2) is 4.68 Å². The topological polar surface area (TPSA) is 89.1 Å². The van der Waals surface area contributed by atoms with Crippen molar-refractivity contribution in [1.82, 2.24) is 14.9 Å². The Hall–Kier alpha value is -2.22. The maximum atomic E-state index is 12.0. The zero-order valence-electron chi connectivity index (χ0n) is 13.7. The number of thioether (sulfide) groups is 1. The highest BCUT2D eigenvalue weighted by Crippen LogP contribution is 2.22. The summed E-state index contributed by atoms with van der Waals surface area (Å²) in [7, 11) is 0. The summed E-state index contributed by atoms with van der Waals surface area (Å²) in [4.78, 5) is 14.4. The fraction of sp³-hybridized carbons (Fsp3) is 0.438. The zero-order chi connectivity index (χ0) is 16.9. The highest BCUT2D eigenvalue weighted by atomic mass is 32.2. The molecule has 1 aromatic heterocycles. The Morgan fingerprint density at radius 1 is 1.21 bits per heavy atom. The second kappa shape index (κ2) is 7.57. The third-order valence-electron chi connectivity index (χ3n) is 4.04. The van der Waals surface area contributed by atoms with Gasteiger partial charge in [0.15, 0.2) is 0 Å². The summed E-state index contributed by atoms with van der Waals surface area (Å²) in [5.74, 6) is 6.53. The van der Waals surface area contributed by atoms with E-state index in [1.54, 1.807) is 6.92 Å². The number of hydrogen-bond donors (Lipinski definition) is 2. The van der Waals surface area contributed by atoms with Crippen molar-refractivity contribution in [2.75, 3.05) is 34.9 Å². The van der Waals surface area contributed by atoms with Crippen LogP contribution in [0, 0.1) is 6.92 Å². The van der Waals surface area contributed by atoms with E-state index in [-0.39, 0.29) is 11.7 Å². The van der Waals surface area contributed by atoms with Crippen LogP contribution in [0.15, 0.2) is 29.4 Å². The Morgan fingerprint density at radius 3 is 2.54 bits per heavy atom. The van der Waals surface area contributed by atoms with Gasteiger partial charge in [0, 0.05) is 24.5 Å². The van der Waals surface area contributed by atoms with E-state index in [1.165, 1.54) is 41.4 Å². The van der Waals surface area contributed by atoms with Crippen LogP contribution in [0.25, 0.3) is 0 Å². The van der Waals surface area contributed by atoms with Crippen LogP contribution in [0.3, 0.4) is 0 Å². The van der Waals surface area contributed by atoms with Gasteiger partial charge in [0.1, 0.15) is 5.82 Å². The average molecular weight is 346 g/mol. The molecule has 0 unspecified atom stereocenters. The number of nitrogens with two attached hydrogens (primary N) is 1. The van der Waals surface area contributed by atoms with Gasteiger partial charge in [-0.2, -0.15) is 0 Å². The van der Waals surface area contributed by atoms with Crippen molar-refractivity contribution >= 4 is 29.0 Å². The number of benzene rings is 1. The normalized spacial score (nSPS) is 14.6. The number of aromatic nitrogens is 3. The van der Waals surface area contributed by atoms with Crippen LogP contribution in [0.5, 0.6) is 0 Å². The van der Waals surface area contributed by atoms with E-state index in [0.717, 1.165) is 18.8 Å². The third-order valence-corrected chi connectivity index (χ3v) is 4.98. The van der Waals surface area contributed by atoms with Crippen molar-refractivity contribution in [3.63, 3.8) is 0 Å². The first-order valence-electron chi connectivity index (χ1n) is 8.08. The number of nitrogens with zero attached hydrogens (tertiary/aromatic N) is 4. The van der Waals surface area contributed by atoms with Crippen molar-refractivity contribution in [2.24, 2.45) is 0 Å². The standard InChI is InChI=1S/C16H22N6OS/c1-12-19-20-16(22(12)17)24-11-15(23)18-13-5-7-14(8-6-13)21-9-3-2-4-10-21/h5-8H,2-4,9-11,17H2,1H3,(H,18,23). The van der Waals surface area contributed by atoms with Crippen LogP contribution < -0.4 is 16.1 Å². The van der Waals surface area contributed by atoms with Crippen molar-refractivity contribution in [1.29, 1.82) is 0 Å². The first kappa shape index (κ1) is 16.6. The molecule has 0 aliphatic carbocycles. The van der Waals surface area contributed by atoms with Crippen molar-refractivity contribution in [2.45, 2.75) is 31.3 Å². The van der Waals surface area contributed by atoms with Gasteiger partial charge in [0.05, 0.1) is 5.75 Å². The fourth-order valence-electron chi connectivity index (χ4n) is 2.68. The number of nitrogens with one attached hydrogen (secondary N) is 1. The van der Waals surface area contributed by atoms with Crippen molar-refractivity contribution in [3.8, 4) is 0 Å². The van der Waals surface area contributed by atoms with E-state index in [2.05, 4.69) is 32.5 Å². The molecule has 1 fully saturated rings. The van der Waals surface area contributed by atoms with Crippen LogP contribution in [0.2, 0.25) is 0 Å². The maximum Gasteiger partial charge on any atom is 0.234 e. The molecule has 1 aromatic carbocycles. The molecule has 0 bridgehead atoms. The molecular weight excluding hydrogens is 324 g/mol. The number of hydrogen-bond acceptors (Lipinski definition) is 6. The second-order valence-electron chi connectivity index (χ2n) is 5.83. The number of piperidine rings is 1. The predicted octanol–water partition coefficient (Wildman–Crippen LogP) is 2.02. The van der Waals surface area contributed by atoms with E-state index in [0.29, 0.717) is 11.0 Å². The monoisotopic (exact) mass is 346 g/mol. The lowest BCUT2D eigenvalue weighted by Crippen LogP contribution is -2.29. The van der Waals surface area contributed by atoms with Gasteiger partial charge in [0.25, 0.3) is 0 Å². The van der Waals surface area contributed by atoms with Crippen LogP contribution in [-0.2, 0) is 4.79 Å². The maximum absolute atomic E-state index is 12.0. The molecule has 7 nitrogen and oxygen atoms in total. The summed E-state index contributed by atoms with van der Waals surface area (Å²) in [6.07, 6.45) is 3.82. The van der Waals surface area contributed by atoms with E-state index < -0.39 is 0 Å². The Morgan fingerprint density at radius 2 is 1.92 bits per heavy atom. The molecule has 1 amide bonds. The molecular formula is C16H22N6OS. The van der Waals surface area contributed by atoms with E-state index in [1.807, 2.05) is 12.1 Å². The molecule has 3 rings (SSSR count). The van der Waals surface area contributed by atoms with Crippen LogP contribution in [0.4, 0.5) is 11.4 Å². The molecule has 1 saturated heterocycles. The molecule has 8 heteroatoms. The van der Waals surface area contributed by atoms with Gasteiger partial charge in [-0.1, -0.05) is 11.8 Å². The van der Waals surface area contributed by atoms with Gasteiger partial charge in [0.2, 0.25) is 11.1 Å². The van der Waals surface area contributed by atoms with Crippen molar-refractivity contribution < 1.29 is 4.79 Å². The molecule has 2 aromatic rings.